The lowest BCUT2D eigenvalue weighted by Crippen LogP contribution is -2.15. The molecule has 0 aromatic heterocycles. The zero-order chi connectivity index (χ0) is 15.6. The van der Waals surface area contributed by atoms with Gasteiger partial charge in [0.05, 0.1) is 5.38 Å². The van der Waals surface area contributed by atoms with Gasteiger partial charge in [0.1, 0.15) is 0 Å². The first-order valence-electron chi connectivity index (χ1n) is 7.64. The Morgan fingerprint density at radius 2 is 1.33 bits per heavy atom. The number of hydrogen-bond acceptors (Lipinski definition) is 0. The van der Waals surface area contributed by atoms with Gasteiger partial charge in [0, 0.05) is 0 Å². The van der Waals surface area contributed by atoms with E-state index < -0.39 is 0 Å². The van der Waals surface area contributed by atoms with E-state index >= 15 is 0 Å². The zero-order valence-electron chi connectivity index (χ0n) is 13.7. The third-order valence-corrected chi connectivity index (χ3v) is 4.42. The van der Waals surface area contributed by atoms with Crippen molar-refractivity contribution in [2.45, 2.75) is 51.3 Å². The summed E-state index contributed by atoms with van der Waals surface area (Å²) in [5.41, 5.74) is 5.15. The summed E-state index contributed by atoms with van der Waals surface area (Å²) in [5, 5.41) is -0.0957. The second-order valence-corrected chi connectivity index (χ2v) is 7.46. The third-order valence-electron chi connectivity index (χ3n) is 3.94. The van der Waals surface area contributed by atoms with Crippen LogP contribution >= 0.6 is 11.6 Å². The Labute approximate surface area is 134 Å². The molecule has 1 atom stereocenters. The van der Waals surface area contributed by atoms with Crippen LogP contribution in [0.4, 0.5) is 0 Å². The van der Waals surface area contributed by atoms with Crippen LogP contribution in [0.5, 0.6) is 0 Å². The van der Waals surface area contributed by atoms with Gasteiger partial charge in [-0.1, -0.05) is 83.1 Å². The average Bonchev–Trinajstić information content (AvgIpc) is 2.45. The number of benzene rings is 2. The summed E-state index contributed by atoms with van der Waals surface area (Å²) < 4.78 is 0. The van der Waals surface area contributed by atoms with Crippen molar-refractivity contribution in [3.63, 3.8) is 0 Å². The van der Waals surface area contributed by atoms with Crippen LogP contribution in [0.15, 0.2) is 48.5 Å². The molecule has 21 heavy (non-hydrogen) atoms. The van der Waals surface area contributed by atoms with Crippen LogP contribution in [0, 0.1) is 0 Å². The van der Waals surface area contributed by atoms with Crippen molar-refractivity contribution in [1.29, 1.82) is 0 Å². The quantitative estimate of drug-likeness (QED) is 0.572. The molecular formula is C20H25Cl. The summed E-state index contributed by atoms with van der Waals surface area (Å²) in [6.07, 6.45) is 0. The molecule has 2 rings (SSSR count). The highest BCUT2D eigenvalue weighted by Gasteiger charge is 2.22. The van der Waals surface area contributed by atoms with Crippen LogP contribution in [-0.2, 0) is 5.41 Å². The Kier molecular flexibility index (Phi) is 4.78. The van der Waals surface area contributed by atoms with Gasteiger partial charge in [0.25, 0.3) is 0 Å². The highest BCUT2D eigenvalue weighted by molar-refractivity contribution is 6.22. The molecule has 0 amide bonds. The molecule has 2 aromatic rings. The van der Waals surface area contributed by atoms with Crippen LogP contribution in [0.25, 0.3) is 0 Å². The number of alkyl halides is 1. The molecule has 0 N–H and O–H groups in total. The van der Waals surface area contributed by atoms with Crippen LogP contribution in [-0.4, -0.2) is 0 Å². The summed E-state index contributed by atoms with van der Waals surface area (Å²) in [6, 6.07) is 17.2. The molecule has 2 aromatic carbocycles. The van der Waals surface area contributed by atoms with Crippen molar-refractivity contribution >= 4 is 11.6 Å². The second-order valence-electron chi connectivity index (χ2n) is 7.02. The van der Waals surface area contributed by atoms with Gasteiger partial charge < -0.3 is 0 Å². The minimum atomic E-state index is -0.0957. The highest BCUT2D eigenvalue weighted by atomic mass is 35.5. The first-order chi connectivity index (χ1) is 9.80. The van der Waals surface area contributed by atoms with E-state index in [-0.39, 0.29) is 10.8 Å². The van der Waals surface area contributed by atoms with Gasteiger partial charge in [-0.3, -0.25) is 0 Å². The van der Waals surface area contributed by atoms with E-state index in [1.54, 1.807) is 0 Å². The summed E-state index contributed by atoms with van der Waals surface area (Å²) in [4.78, 5) is 0. The van der Waals surface area contributed by atoms with E-state index in [0.29, 0.717) is 5.92 Å². The van der Waals surface area contributed by atoms with Crippen molar-refractivity contribution in [2.24, 2.45) is 0 Å². The Balaban J connectivity index is 2.38. The maximum absolute atomic E-state index is 6.77. The van der Waals surface area contributed by atoms with Crippen molar-refractivity contribution in [3.05, 3.63) is 70.8 Å². The summed E-state index contributed by atoms with van der Waals surface area (Å²) in [5.74, 6) is 0.551. The lowest BCUT2D eigenvalue weighted by atomic mass is 9.82. The monoisotopic (exact) mass is 300 g/mol. The molecule has 1 unspecified atom stereocenters. The predicted octanol–water partition coefficient (Wildman–Crippen LogP) is 6.44. The Bertz CT molecular complexity index is 588. The molecular weight excluding hydrogens is 276 g/mol. The molecule has 112 valence electrons. The van der Waals surface area contributed by atoms with Crippen molar-refractivity contribution < 1.29 is 0 Å². The molecule has 0 saturated carbocycles. The number of halogens is 1. The van der Waals surface area contributed by atoms with Gasteiger partial charge in [-0.25, -0.2) is 0 Å². The minimum Gasteiger partial charge on any atom is -0.113 e. The van der Waals surface area contributed by atoms with E-state index in [0.717, 1.165) is 5.56 Å². The topological polar surface area (TPSA) is 0 Å². The van der Waals surface area contributed by atoms with Crippen molar-refractivity contribution in [3.8, 4) is 0 Å². The lowest BCUT2D eigenvalue weighted by Gasteiger charge is -2.25. The van der Waals surface area contributed by atoms with E-state index in [4.69, 9.17) is 11.6 Å². The van der Waals surface area contributed by atoms with Gasteiger partial charge in [-0.2, -0.15) is 0 Å². The molecule has 0 fully saturated rings. The number of hydrogen-bond donors (Lipinski definition) is 0. The standard InChI is InChI=1S/C20H25Cl/c1-14(2)15-10-12-16(13-11-15)19(21)17-8-6-7-9-18(17)20(3,4)5/h6-14,19H,1-5H3. The molecule has 0 saturated heterocycles. The van der Waals surface area contributed by atoms with E-state index in [2.05, 4.69) is 83.1 Å². The average molecular weight is 301 g/mol. The fourth-order valence-corrected chi connectivity index (χ4v) is 2.97. The molecule has 0 heterocycles. The Morgan fingerprint density at radius 3 is 1.86 bits per heavy atom. The van der Waals surface area contributed by atoms with Crippen LogP contribution in [0.3, 0.4) is 0 Å². The van der Waals surface area contributed by atoms with Crippen LogP contribution in [0.1, 0.15) is 68.2 Å². The zero-order valence-corrected chi connectivity index (χ0v) is 14.4. The molecule has 0 radical (unpaired) electrons. The minimum absolute atomic E-state index is 0.0957. The third kappa shape index (κ3) is 3.68. The molecule has 0 aliphatic rings. The van der Waals surface area contributed by atoms with Crippen molar-refractivity contribution in [1.82, 2.24) is 0 Å². The fraction of sp³-hybridized carbons (Fsp3) is 0.400. The molecule has 0 spiro atoms. The Morgan fingerprint density at radius 1 is 0.810 bits per heavy atom. The maximum Gasteiger partial charge on any atom is 0.0838 e. The van der Waals surface area contributed by atoms with E-state index in [1.807, 2.05) is 0 Å². The predicted molar refractivity (Wildman–Crippen MR) is 93.4 cm³/mol. The van der Waals surface area contributed by atoms with Gasteiger partial charge >= 0.3 is 0 Å². The summed E-state index contributed by atoms with van der Waals surface area (Å²) in [7, 11) is 0. The first-order valence-corrected chi connectivity index (χ1v) is 8.07. The highest BCUT2D eigenvalue weighted by Crippen LogP contribution is 2.36. The van der Waals surface area contributed by atoms with Crippen LogP contribution in [0.2, 0.25) is 0 Å². The number of rotatable bonds is 3. The second kappa shape index (κ2) is 6.23. The van der Waals surface area contributed by atoms with Gasteiger partial charge in [0.15, 0.2) is 0 Å². The smallest absolute Gasteiger partial charge is 0.0838 e. The summed E-state index contributed by atoms with van der Waals surface area (Å²) >= 11 is 6.77. The largest absolute Gasteiger partial charge is 0.113 e. The van der Waals surface area contributed by atoms with Gasteiger partial charge in [-0.15, -0.1) is 11.6 Å². The first kappa shape index (κ1) is 16.1. The van der Waals surface area contributed by atoms with Gasteiger partial charge in [0.2, 0.25) is 0 Å². The van der Waals surface area contributed by atoms with Gasteiger partial charge in [-0.05, 0) is 33.6 Å². The molecule has 1 heteroatoms. The van der Waals surface area contributed by atoms with Crippen LogP contribution < -0.4 is 0 Å². The normalized spacial score (nSPS) is 13.5. The maximum atomic E-state index is 6.77. The van der Waals surface area contributed by atoms with Crippen molar-refractivity contribution in [2.75, 3.05) is 0 Å². The molecule has 0 nitrogen and oxygen atoms in total. The van der Waals surface area contributed by atoms with E-state index in [9.17, 15) is 0 Å². The fourth-order valence-electron chi connectivity index (χ4n) is 2.63. The Hall–Kier alpha value is -1.27. The lowest BCUT2D eigenvalue weighted by molar-refractivity contribution is 0.583. The molecule has 0 aliphatic heterocycles. The molecule has 0 aliphatic carbocycles. The van der Waals surface area contributed by atoms with E-state index in [1.165, 1.54) is 16.7 Å². The SMILES string of the molecule is CC(C)c1ccc(C(Cl)c2ccccc2C(C)(C)C)cc1. The summed E-state index contributed by atoms with van der Waals surface area (Å²) in [6.45, 7) is 11.1. The molecule has 0 bridgehead atoms.